The molecule has 0 spiro atoms. The number of piperazine rings is 1. The van der Waals surface area contributed by atoms with Crippen molar-refractivity contribution in [2.24, 2.45) is 0 Å². The van der Waals surface area contributed by atoms with Crippen LogP contribution < -0.4 is 9.47 Å². The van der Waals surface area contributed by atoms with Crippen molar-refractivity contribution in [2.45, 2.75) is 33.6 Å². The van der Waals surface area contributed by atoms with Gasteiger partial charge in [0.15, 0.2) is 6.61 Å². The van der Waals surface area contributed by atoms with Gasteiger partial charge in [0.25, 0.3) is 5.91 Å². The standard InChI is InChI=1S/C25H32N2O4/c1-19-9-11-22(12-10-19)31-18-24(29)27-15-13-26(14-16-27)23(28)8-5-17-30-25-20(2)6-4-7-21(25)3/h4,6-7,9-12H,5,8,13-18H2,1-3H3. The third-order valence-corrected chi connectivity index (χ3v) is 5.56. The number of carbonyl (C=O) groups excluding carboxylic acids is 2. The van der Waals surface area contributed by atoms with Crippen molar-refractivity contribution < 1.29 is 19.1 Å². The number of aryl methyl sites for hydroxylation is 3. The van der Waals surface area contributed by atoms with E-state index in [-0.39, 0.29) is 18.4 Å². The maximum absolute atomic E-state index is 12.5. The van der Waals surface area contributed by atoms with Gasteiger partial charge in [-0.05, 0) is 50.5 Å². The molecule has 2 aromatic carbocycles. The lowest BCUT2D eigenvalue weighted by atomic mass is 10.1. The molecule has 2 aromatic rings. The molecule has 1 aliphatic heterocycles. The molecule has 0 atom stereocenters. The van der Waals surface area contributed by atoms with Crippen LogP contribution in [0.1, 0.15) is 29.5 Å². The van der Waals surface area contributed by atoms with Crippen LogP contribution in [0, 0.1) is 20.8 Å². The Kier molecular flexibility index (Phi) is 7.93. The monoisotopic (exact) mass is 424 g/mol. The van der Waals surface area contributed by atoms with E-state index in [2.05, 4.69) is 0 Å². The zero-order valence-corrected chi connectivity index (χ0v) is 18.7. The van der Waals surface area contributed by atoms with Crippen LogP contribution in [0.25, 0.3) is 0 Å². The molecule has 0 aromatic heterocycles. The maximum Gasteiger partial charge on any atom is 0.260 e. The topological polar surface area (TPSA) is 59.1 Å². The Balaban J connectivity index is 1.34. The number of ether oxygens (including phenoxy) is 2. The molecule has 0 bridgehead atoms. The van der Waals surface area contributed by atoms with Gasteiger partial charge in [-0.3, -0.25) is 9.59 Å². The first kappa shape index (κ1) is 22.7. The molecule has 6 nitrogen and oxygen atoms in total. The molecule has 166 valence electrons. The molecule has 6 heteroatoms. The molecule has 0 saturated carbocycles. The molecule has 1 heterocycles. The van der Waals surface area contributed by atoms with E-state index in [1.165, 1.54) is 0 Å². The van der Waals surface area contributed by atoms with E-state index in [0.29, 0.717) is 51.4 Å². The summed E-state index contributed by atoms with van der Waals surface area (Å²) in [5.74, 6) is 1.67. The average molecular weight is 425 g/mol. The predicted molar refractivity (Wildman–Crippen MR) is 120 cm³/mol. The zero-order valence-electron chi connectivity index (χ0n) is 18.7. The Labute approximate surface area is 184 Å². The van der Waals surface area contributed by atoms with Crippen molar-refractivity contribution in [3.8, 4) is 11.5 Å². The average Bonchev–Trinajstić information content (AvgIpc) is 2.77. The van der Waals surface area contributed by atoms with Crippen LogP contribution in [0.2, 0.25) is 0 Å². The van der Waals surface area contributed by atoms with Crippen LogP contribution in [0.4, 0.5) is 0 Å². The predicted octanol–water partition coefficient (Wildman–Crippen LogP) is 3.52. The van der Waals surface area contributed by atoms with Gasteiger partial charge in [-0.15, -0.1) is 0 Å². The highest BCUT2D eigenvalue weighted by Gasteiger charge is 2.24. The molecular weight excluding hydrogens is 392 g/mol. The largest absolute Gasteiger partial charge is 0.493 e. The van der Waals surface area contributed by atoms with E-state index in [9.17, 15) is 9.59 Å². The summed E-state index contributed by atoms with van der Waals surface area (Å²) in [5, 5.41) is 0. The normalized spacial score (nSPS) is 13.8. The van der Waals surface area contributed by atoms with Crippen molar-refractivity contribution >= 4 is 11.8 Å². The van der Waals surface area contributed by atoms with E-state index in [1.54, 1.807) is 4.90 Å². The number of carbonyl (C=O) groups is 2. The van der Waals surface area contributed by atoms with Gasteiger partial charge in [0.2, 0.25) is 5.91 Å². The second kappa shape index (κ2) is 10.8. The Morgan fingerprint density at radius 3 is 2.00 bits per heavy atom. The van der Waals surface area contributed by atoms with Crippen LogP contribution in [0.15, 0.2) is 42.5 Å². The van der Waals surface area contributed by atoms with Crippen molar-refractivity contribution in [1.82, 2.24) is 9.80 Å². The number of hydrogen-bond donors (Lipinski definition) is 0. The summed E-state index contributed by atoms with van der Waals surface area (Å²) < 4.78 is 11.5. The number of benzene rings is 2. The molecule has 1 fully saturated rings. The van der Waals surface area contributed by atoms with E-state index in [0.717, 1.165) is 22.4 Å². The van der Waals surface area contributed by atoms with Crippen LogP contribution in [-0.2, 0) is 9.59 Å². The summed E-state index contributed by atoms with van der Waals surface area (Å²) in [4.78, 5) is 28.5. The van der Waals surface area contributed by atoms with Gasteiger partial charge in [-0.2, -0.15) is 0 Å². The molecule has 0 unspecified atom stereocenters. The summed E-state index contributed by atoms with van der Waals surface area (Å²) >= 11 is 0. The second-order valence-corrected chi connectivity index (χ2v) is 8.04. The van der Waals surface area contributed by atoms with Crippen molar-refractivity contribution in [1.29, 1.82) is 0 Å². The van der Waals surface area contributed by atoms with Crippen molar-refractivity contribution in [3.63, 3.8) is 0 Å². The molecule has 3 rings (SSSR count). The third-order valence-electron chi connectivity index (χ3n) is 5.56. The quantitative estimate of drug-likeness (QED) is 0.609. The van der Waals surface area contributed by atoms with E-state index >= 15 is 0 Å². The Morgan fingerprint density at radius 1 is 0.806 bits per heavy atom. The van der Waals surface area contributed by atoms with Crippen molar-refractivity contribution in [2.75, 3.05) is 39.4 Å². The lowest BCUT2D eigenvalue weighted by Crippen LogP contribution is -2.51. The van der Waals surface area contributed by atoms with Crippen LogP contribution in [-0.4, -0.2) is 61.0 Å². The fourth-order valence-corrected chi connectivity index (χ4v) is 3.66. The molecule has 0 N–H and O–H groups in total. The SMILES string of the molecule is Cc1ccc(OCC(=O)N2CCN(C(=O)CCCOc3c(C)cccc3C)CC2)cc1. The zero-order chi connectivity index (χ0) is 22.2. The maximum atomic E-state index is 12.5. The minimum absolute atomic E-state index is 0.0205. The van der Waals surface area contributed by atoms with Crippen LogP contribution >= 0.6 is 0 Å². The fraction of sp³-hybridized carbons (Fsp3) is 0.440. The van der Waals surface area contributed by atoms with Gasteiger partial charge in [-0.1, -0.05) is 35.9 Å². The Bertz CT molecular complexity index is 867. The summed E-state index contributed by atoms with van der Waals surface area (Å²) in [6.45, 7) is 8.81. The lowest BCUT2D eigenvalue weighted by molar-refractivity contribution is -0.140. The summed E-state index contributed by atoms with van der Waals surface area (Å²) in [5.41, 5.74) is 3.37. The van der Waals surface area contributed by atoms with Crippen molar-refractivity contribution in [3.05, 3.63) is 59.2 Å². The number of nitrogens with zero attached hydrogens (tertiary/aromatic N) is 2. The highest BCUT2D eigenvalue weighted by atomic mass is 16.5. The highest BCUT2D eigenvalue weighted by Crippen LogP contribution is 2.22. The Hall–Kier alpha value is -3.02. The minimum Gasteiger partial charge on any atom is -0.493 e. The fourth-order valence-electron chi connectivity index (χ4n) is 3.66. The molecule has 0 radical (unpaired) electrons. The van der Waals surface area contributed by atoms with Gasteiger partial charge in [0.1, 0.15) is 11.5 Å². The number of hydrogen-bond acceptors (Lipinski definition) is 4. The van der Waals surface area contributed by atoms with Crippen LogP contribution in [0.3, 0.4) is 0 Å². The minimum atomic E-state index is -0.0466. The van der Waals surface area contributed by atoms with Gasteiger partial charge < -0.3 is 19.3 Å². The Morgan fingerprint density at radius 2 is 1.39 bits per heavy atom. The van der Waals surface area contributed by atoms with Crippen LogP contribution in [0.5, 0.6) is 11.5 Å². The second-order valence-electron chi connectivity index (χ2n) is 8.04. The van der Waals surface area contributed by atoms with Gasteiger partial charge in [0.05, 0.1) is 6.61 Å². The first-order valence-electron chi connectivity index (χ1n) is 10.9. The first-order chi connectivity index (χ1) is 14.9. The number of para-hydroxylation sites is 1. The summed E-state index contributed by atoms with van der Waals surface area (Å²) in [6.07, 6.45) is 1.13. The highest BCUT2D eigenvalue weighted by molar-refractivity contribution is 5.79. The van der Waals surface area contributed by atoms with E-state index < -0.39 is 0 Å². The van der Waals surface area contributed by atoms with E-state index in [4.69, 9.17) is 9.47 Å². The molecular formula is C25H32N2O4. The summed E-state index contributed by atoms with van der Waals surface area (Å²) in [7, 11) is 0. The number of amides is 2. The first-order valence-corrected chi connectivity index (χ1v) is 10.9. The lowest BCUT2D eigenvalue weighted by Gasteiger charge is -2.34. The smallest absolute Gasteiger partial charge is 0.260 e. The molecule has 1 saturated heterocycles. The third kappa shape index (κ3) is 6.48. The van der Waals surface area contributed by atoms with Gasteiger partial charge in [0, 0.05) is 32.6 Å². The van der Waals surface area contributed by atoms with Gasteiger partial charge in [-0.25, -0.2) is 0 Å². The summed E-state index contributed by atoms with van der Waals surface area (Å²) in [6, 6.07) is 13.7. The molecule has 31 heavy (non-hydrogen) atoms. The van der Waals surface area contributed by atoms with Gasteiger partial charge >= 0.3 is 0 Å². The van der Waals surface area contributed by atoms with E-state index in [1.807, 2.05) is 68.1 Å². The number of rotatable bonds is 8. The molecule has 1 aliphatic rings. The molecule has 2 amide bonds. The molecule has 0 aliphatic carbocycles.